The Morgan fingerprint density at radius 2 is 1.79 bits per heavy atom. The van der Waals surface area contributed by atoms with Crippen LogP contribution in [0.4, 0.5) is 0 Å². The minimum absolute atomic E-state index is 0.158. The molecule has 0 aliphatic rings. The van der Waals surface area contributed by atoms with Crippen molar-refractivity contribution in [3.05, 3.63) is 57.0 Å². The van der Waals surface area contributed by atoms with Crippen LogP contribution in [0.3, 0.4) is 0 Å². The van der Waals surface area contributed by atoms with Crippen LogP contribution in [0.5, 0.6) is 11.5 Å². The van der Waals surface area contributed by atoms with Gasteiger partial charge in [-0.05, 0) is 71.2 Å². The van der Waals surface area contributed by atoms with E-state index in [0.29, 0.717) is 0 Å². The van der Waals surface area contributed by atoms with E-state index in [2.05, 4.69) is 37.9 Å². The van der Waals surface area contributed by atoms with Gasteiger partial charge in [0.25, 0.3) is 0 Å². The van der Waals surface area contributed by atoms with Crippen molar-refractivity contribution < 1.29 is 4.74 Å². The standard InChI is InChI=1S/C15H15Br2NO/c1-10(18)8-11-2-7-15(14(17)9-11)19-13-5-3-12(16)4-6-13/h2-7,9-10H,8,18H2,1H3. The van der Waals surface area contributed by atoms with E-state index in [0.717, 1.165) is 26.9 Å². The summed E-state index contributed by atoms with van der Waals surface area (Å²) in [7, 11) is 0. The third-order valence-electron chi connectivity index (χ3n) is 2.60. The van der Waals surface area contributed by atoms with E-state index >= 15 is 0 Å². The maximum atomic E-state index is 5.83. The number of nitrogens with two attached hydrogens (primary N) is 1. The molecule has 1 unspecified atom stereocenters. The summed E-state index contributed by atoms with van der Waals surface area (Å²) in [5, 5.41) is 0. The van der Waals surface area contributed by atoms with Crippen LogP contribution in [0.2, 0.25) is 0 Å². The molecule has 100 valence electrons. The highest BCUT2D eigenvalue weighted by Gasteiger charge is 2.05. The molecule has 2 nitrogen and oxygen atoms in total. The molecule has 2 aromatic rings. The fourth-order valence-corrected chi connectivity index (χ4v) is 2.53. The number of hydrogen-bond donors (Lipinski definition) is 1. The van der Waals surface area contributed by atoms with Crippen LogP contribution in [-0.4, -0.2) is 6.04 Å². The predicted octanol–water partition coefficient (Wildman–Crippen LogP) is 4.89. The zero-order valence-corrected chi connectivity index (χ0v) is 13.7. The van der Waals surface area contributed by atoms with Crippen LogP contribution in [0, 0.1) is 0 Å². The normalized spacial score (nSPS) is 12.2. The van der Waals surface area contributed by atoms with Gasteiger partial charge < -0.3 is 10.5 Å². The van der Waals surface area contributed by atoms with Gasteiger partial charge in [-0.1, -0.05) is 22.0 Å². The van der Waals surface area contributed by atoms with Crippen molar-refractivity contribution in [1.82, 2.24) is 0 Å². The smallest absolute Gasteiger partial charge is 0.141 e. The molecule has 0 saturated carbocycles. The Morgan fingerprint density at radius 1 is 1.11 bits per heavy atom. The van der Waals surface area contributed by atoms with Crippen LogP contribution in [0.15, 0.2) is 51.4 Å². The molecule has 1 atom stereocenters. The highest BCUT2D eigenvalue weighted by molar-refractivity contribution is 9.10. The number of halogens is 2. The lowest BCUT2D eigenvalue weighted by molar-refractivity contribution is 0.479. The van der Waals surface area contributed by atoms with Crippen LogP contribution in [0.1, 0.15) is 12.5 Å². The van der Waals surface area contributed by atoms with Crippen LogP contribution >= 0.6 is 31.9 Å². The van der Waals surface area contributed by atoms with Crippen molar-refractivity contribution in [3.63, 3.8) is 0 Å². The Labute approximate surface area is 130 Å². The summed E-state index contributed by atoms with van der Waals surface area (Å²) >= 11 is 6.93. The van der Waals surface area contributed by atoms with Gasteiger partial charge in [0.15, 0.2) is 0 Å². The SMILES string of the molecule is CC(N)Cc1ccc(Oc2ccc(Br)cc2)c(Br)c1. The Bertz CT molecular complexity index is 553. The molecule has 0 spiro atoms. The molecule has 0 aliphatic heterocycles. The van der Waals surface area contributed by atoms with Gasteiger partial charge in [-0.2, -0.15) is 0 Å². The van der Waals surface area contributed by atoms with Crippen LogP contribution < -0.4 is 10.5 Å². The van der Waals surface area contributed by atoms with Gasteiger partial charge >= 0.3 is 0 Å². The quantitative estimate of drug-likeness (QED) is 0.813. The molecule has 0 aliphatic carbocycles. The first-order chi connectivity index (χ1) is 9.04. The van der Waals surface area contributed by atoms with E-state index < -0.39 is 0 Å². The summed E-state index contributed by atoms with van der Waals surface area (Å²) in [6, 6.07) is 14.0. The molecule has 0 radical (unpaired) electrons. The van der Waals surface area contributed by atoms with E-state index in [1.165, 1.54) is 5.56 Å². The first kappa shape index (κ1) is 14.6. The first-order valence-corrected chi connectivity index (χ1v) is 7.60. The maximum absolute atomic E-state index is 5.83. The van der Waals surface area contributed by atoms with E-state index in [-0.39, 0.29) is 6.04 Å². The fourth-order valence-electron chi connectivity index (χ4n) is 1.76. The molecule has 0 heterocycles. The molecule has 4 heteroatoms. The second-order valence-corrected chi connectivity index (χ2v) is 6.27. The summed E-state index contributed by atoms with van der Waals surface area (Å²) in [4.78, 5) is 0. The molecule has 2 rings (SSSR count). The molecular formula is C15H15Br2NO. The molecule has 0 aromatic heterocycles. The fraction of sp³-hybridized carbons (Fsp3) is 0.200. The summed E-state index contributed by atoms with van der Waals surface area (Å²) in [6.07, 6.45) is 0.858. The largest absolute Gasteiger partial charge is 0.456 e. The number of benzene rings is 2. The Morgan fingerprint density at radius 3 is 2.37 bits per heavy atom. The van der Waals surface area contributed by atoms with Gasteiger partial charge in [0.05, 0.1) is 4.47 Å². The maximum Gasteiger partial charge on any atom is 0.141 e. The molecule has 2 aromatic carbocycles. The second kappa shape index (κ2) is 6.55. The summed E-state index contributed by atoms with van der Waals surface area (Å²) < 4.78 is 7.80. The van der Waals surface area contributed by atoms with Crippen LogP contribution in [-0.2, 0) is 6.42 Å². The molecule has 0 bridgehead atoms. The molecule has 19 heavy (non-hydrogen) atoms. The first-order valence-electron chi connectivity index (χ1n) is 6.02. The van der Waals surface area contributed by atoms with Gasteiger partial charge in [-0.3, -0.25) is 0 Å². The van der Waals surface area contributed by atoms with Crippen molar-refractivity contribution in [2.24, 2.45) is 5.73 Å². The summed E-state index contributed by atoms with van der Waals surface area (Å²) in [5.41, 5.74) is 7.00. The van der Waals surface area contributed by atoms with Gasteiger partial charge in [-0.15, -0.1) is 0 Å². The molecular weight excluding hydrogens is 370 g/mol. The minimum Gasteiger partial charge on any atom is -0.456 e. The summed E-state index contributed by atoms with van der Waals surface area (Å²) in [6.45, 7) is 2.00. The van der Waals surface area contributed by atoms with Crippen molar-refractivity contribution in [2.45, 2.75) is 19.4 Å². The van der Waals surface area contributed by atoms with E-state index in [9.17, 15) is 0 Å². The van der Waals surface area contributed by atoms with Gasteiger partial charge in [0.2, 0.25) is 0 Å². The number of rotatable bonds is 4. The lowest BCUT2D eigenvalue weighted by atomic mass is 10.1. The molecule has 0 amide bonds. The van der Waals surface area contributed by atoms with Crippen molar-refractivity contribution in [2.75, 3.05) is 0 Å². The topological polar surface area (TPSA) is 35.2 Å². The Hall–Kier alpha value is -0.840. The van der Waals surface area contributed by atoms with Crippen LogP contribution in [0.25, 0.3) is 0 Å². The van der Waals surface area contributed by atoms with Gasteiger partial charge in [0.1, 0.15) is 11.5 Å². The average molecular weight is 385 g/mol. The van der Waals surface area contributed by atoms with E-state index in [1.54, 1.807) is 0 Å². The van der Waals surface area contributed by atoms with E-state index in [1.807, 2.05) is 43.3 Å². The van der Waals surface area contributed by atoms with Gasteiger partial charge in [0, 0.05) is 10.5 Å². The lowest BCUT2D eigenvalue weighted by Gasteiger charge is -2.10. The molecule has 2 N–H and O–H groups in total. The minimum atomic E-state index is 0.158. The highest BCUT2D eigenvalue weighted by Crippen LogP contribution is 2.31. The molecule has 0 fully saturated rings. The third-order valence-corrected chi connectivity index (χ3v) is 3.74. The molecule has 0 saturated heterocycles. The number of ether oxygens (including phenoxy) is 1. The average Bonchev–Trinajstić information content (AvgIpc) is 2.34. The predicted molar refractivity (Wildman–Crippen MR) is 85.7 cm³/mol. The zero-order valence-electron chi connectivity index (χ0n) is 10.6. The van der Waals surface area contributed by atoms with Crippen molar-refractivity contribution in [3.8, 4) is 11.5 Å². The zero-order chi connectivity index (χ0) is 13.8. The highest BCUT2D eigenvalue weighted by atomic mass is 79.9. The van der Waals surface area contributed by atoms with E-state index in [4.69, 9.17) is 10.5 Å². The van der Waals surface area contributed by atoms with Gasteiger partial charge in [-0.25, -0.2) is 0 Å². The van der Waals surface area contributed by atoms with Crippen molar-refractivity contribution >= 4 is 31.9 Å². The van der Waals surface area contributed by atoms with Crippen molar-refractivity contribution in [1.29, 1.82) is 0 Å². The second-order valence-electron chi connectivity index (χ2n) is 4.50. The Balaban J connectivity index is 2.15. The third kappa shape index (κ3) is 4.34. The lowest BCUT2D eigenvalue weighted by Crippen LogP contribution is -2.17. The monoisotopic (exact) mass is 383 g/mol. The number of hydrogen-bond acceptors (Lipinski definition) is 2. The summed E-state index contributed by atoms with van der Waals surface area (Å²) in [5.74, 6) is 1.61. The Kier molecular flexibility index (Phi) is 5.02.